The van der Waals surface area contributed by atoms with E-state index in [2.05, 4.69) is 12.2 Å². The fourth-order valence-electron chi connectivity index (χ4n) is 2.46. The molecule has 0 fully saturated rings. The van der Waals surface area contributed by atoms with Crippen molar-refractivity contribution < 1.29 is 19.4 Å². The van der Waals surface area contributed by atoms with Crippen LogP contribution in [0.1, 0.15) is 36.5 Å². The van der Waals surface area contributed by atoms with Crippen molar-refractivity contribution in [2.45, 2.75) is 26.2 Å². The van der Waals surface area contributed by atoms with Gasteiger partial charge in [0.05, 0.1) is 0 Å². The summed E-state index contributed by atoms with van der Waals surface area (Å²) in [6.45, 7) is 3.89. The van der Waals surface area contributed by atoms with Crippen molar-refractivity contribution >= 4 is 5.91 Å². The van der Waals surface area contributed by atoms with Crippen LogP contribution in [0.15, 0.2) is 18.2 Å². The molecule has 1 unspecified atom stereocenters. The number of carbonyl (C=O) groups excluding carboxylic acids is 1. The van der Waals surface area contributed by atoms with Gasteiger partial charge in [-0.1, -0.05) is 13.3 Å². The molecule has 1 amide bonds. The summed E-state index contributed by atoms with van der Waals surface area (Å²) in [5.41, 5.74) is 0.568. The number of hydrogen-bond acceptors (Lipinski definition) is 4. The monoisotopic (exact) mass is 293 g/mol. The molecular formula is C16H23NO4. The van der Waals surface area contributed by atoms with Gasteiger partial charge in [0.25, 0.3) is 5.91 Å². The average molecular weight is 293 g/mol. The Morgan fingerprint density at radius 3 is 2.76 bits per heavy atom. The molecule has 116 valence electrons. The second-order valence-corrected chi connectivity index (χ2v) is 5.24. The number of aliphatic hydroxyl groups is 1. The van der Waals surface area contributed by atoms with E-state index in [1.807, 2.05) is 0 Å². The molecular weight excluding hydrogens is 270 g/mol. The molecule has 1 aliphatic rings. The number of nitrogens with one attached hydrogen (secondary N) is 1. The molecule has 2 N–H and O–H groups in total. The molecule has 1 atom stereocenters. The van der Waals surface area contributed by atoms with Gasteiger partial charge in [-0.25, -0.2) is 0 Å². The van der Waals surface area contributed by atoms with Gasteiger partial charge in [-0.3, -0.25) is 4.79 Å². The summed E-state index contributed by atoms with van der Waals surface area (Å²) in [6, 6.07) is 5.22. The van der Waals surface area contributed by atoms with Gasteiger partial charge in [0.2, 0.25) is 0 Å². The second kappa shape index (κ2) is 7.88. The lowest BCUT2D eigenvalue weighted by Crippen LogP contribution is -2.30. The van der Waals surface area contributed by atoms with Crippen LogP contribution in [0, 0.1) is 5.92 Å². The van der Waals surface area contributed by atoms with Crippen LogP contribution >= 0.6 is 0 Å². The largest absolute Gasteiger partial charge is 0.486 e. The average Bonchev–Trinajstić information content (AvgIpc) is 2.52. The highest BCUT2D eigenvalue weighted by molar-refractivity contribution is 5.94. The Morgan fingerprint density at radius 1 is 1.29 bits per heavy atom. The van der Waals surface area contributed by atoms with Gasteiger partial charge < -0.3 is 19.9 Å². The van der Waals surface area contributed by atoms with Gasteiger partial charge in [0.1, 0.15) is 13.2 Å². The Bertz CT molecular complexity index is 469. The standard InChI is InChI=1S/C16H23NO4/c1-2-3-12(6-7-18)11-17-16(19)13-4-5-14-15(10-13)21-9-8-20-14/h4-5,10,12,18H,2-3,6-9,11H2,1H3,(H,17,19). The molecule has 0 saturated heterocycles. The molecule has 0 aliphatic carbocycles. The van der Waals surface area contributed by atoms with Crippen molar-refractivity contribution in [2.75, 3.05) is 26.4 Å². The molecule has 1 aromatic rings. The Labute approximate surface area is 125 Å². The first-order valence-electron chi connectivity index (χ1n) is 7.53. The molecule has 1 aromatic carbocycles. The van der Waals surface area contributed by atoms with Crippen LogP contribution < -0.4 is 14.8 Å². The molecule has 1 aliphatic heterocycles. The minimum atomic E-state index is -0.119. The Kier molecular flexibility index (Phi) is 5.87. The molecule has 0 bridgehead atoms. The molecule has 2 rings (SSSR count). The van der Waals surface area contributed by atoms with Crippen LogP contribution in [-0.4, -0.2) is 37.4 Å². The lowest BCUT2D eigenvalue weighted by Gasteiger charge is -2.19. The lowest BCUT2D eigenvalue weighted by atomic mass is 10.00. The van der Waals surface area contributed by atoms with Crippen LogP contribution in [0.25, 0.3) is 0 Å². The van der Waals surface area contributed by atoms with Crippen molar-refractivity contribution in [2.24, 2.45) is 5.92 Å². The normalized spacial score (nSPS) is 14.6. The van der Waals surface area contributed by atoms with Gasteiger partial charge in [-0.15, -0.1) is 0 Å². The molecule has 5 heteroatoms. The molecule has 1 heterocycles. The number of carbonyl (C=O) groups is 1. The molecule has 0 spiro atoms. The number of hydrogen-bond donors (Lipinski definition) is 2. The maximum atomic E-state index is 12.2. The summed E-state index contributed by atoms with van der Waals surface area (Å²) in [4.78, 5) is 12.2. The summed E-state index contributed by atoms with van der Waals surface area (Å²) in [5, 5.41) is 12.0. The van der Waals surface area contributed by atoms with Crippen LogP contribution in [0.5, 0.6) is 11.5 Å². The zero-order valence-corrected chi connectivity index (χ0v) is 12.4. The van der Waals surface area contributed by atoms with Crippen molar-refractivity contribution in [3.8, 4) is 11.5 Å². The van der Waals surface area contributed by atoms with Gasteiger partial charge >= 0.3 is 0 Å². The van der Waals surface area contributed by atoms with Gasteiger partial charge in [0.15, 0.2) is 11.5 Å². The molecule has 5 nitrogen and oxygen atoms in total. The third-order valence-electron chi connectivity index (χ3n) is 3.59. The Balaban J connectivity index is 1.93. The van der Waals surface area contributed by atoms with Crippen molar-refractivity contribution in [3.05, 3.63) is 23.8 Å². The first-order valence-corrected chi connectivity index (χ1v) is 7.53. The zero-order chi connectivity index (χ0) is 15.1. The maximum Gasteiger partial charge on any atom is 0.251 e. The quantitative estimate of drug-likeness (QED) is 0.806. The number of benzene rings is 1. The number of rotatable bonds is 7. The van der Waals surface area contributed by atoms with Crippen molar-refractivity contribution in [3.63, 3.8) is 0 Å². The van der Waals surface area contributed by atoms with Crippen LogP contribution in [0.3, 0.4) is 0 Å². The number of fused-ring (bicyclic) bond motifs is 1. The molecule has 0 aromatic heterocycles. The predicted octanol–water partition coefficient (Wildman–Crippen LogP) is 1.99. The summed E-state index contributed by atoms with van der Waals surface area (Å²) < 4.78 is 10.9. The first-order chi connectivity index (χ1) is 10.2. The summed E-state index contributed by atoms with van der Waals surface area (Å²) >= 11 is 0. The van der Waals surface area contributed by atoms with Gasteiger partial charge in [-0.2, -0.15) is 0 Å². The summed E-state index contributed by atoms with van der Waals surface area (Å²) in [5.74, 6) is 1.50. The number of ether oxygens (including phenoxy) is 2. The minimum absolute atomic E-state index is 0.119. The third-order valence-corrected chi connectivity index (χ3v) is 3.59. The molecule has 0 saturated carbocycles. The third kappa shape index (κ3) is 4.36. The summed E-state index contributed by atoms with van der Waals surface area (Å²) in [7, 11) is 0. The highest BCUT2D eigenvalue weighted by atomic mass is 16.6. The Morgan fingerprint density at radius 2 is 2.05 bits per heavy atom. The van der Waals surface area contributed by atoms with E-state index in [0.717, 1.165) is 19.3 Å². The van der Waals surface area contributed by atoms with E-state index < -0.39 is 0 Å². The molecule has 0 radical (unpaired) electrons. The van der Waals surface area contributed by atoms with Crippen molar-refractivity contribution in [1.82, 2.24) is 5.32 Å². The zero-order valence-electron chi connectivity index (χ0n) is 12.4. The van der Waals surface area contributed by atoms with Gasteiger partial charge in [0, 0.05) is 18.7 Å². The summed E-state index contributed by atoms with van der Waals surface area (Å²) in [6.07, 6.45) is 2.77. The smallest absolute Gasteiger partial charge is 0.251 e. The van der Waals surface area contributed by atoms with Crippen molar-refractivity contribution in [1.29, 1.82) is 0 Å². The topological polar surface area (TPSA) is 67.8 Å². The van der Waals surface area contributed by atoms with E-state index in [-0.39, 0.29) is 12.5 Å². The SMILES string of the molecule is CCCC(CCO)CNC(=O)c1ccc2c(c1)OCCO2. The van der Waals surface area contributed by atoms with Crippen LogP contribution in [0.4, 0.5) is 0 Å². The van der Waals surface area contributed by atoms with E-state index in [1.54, 1.807) is 18.2 Å². The van der Waals surface area contributed by atoms with E-state index in [1.165, 1.54) is 0 Å². The highest BCUT2D eigenvalue weighted by Crippen LogP contribution is 2.30. The number of aliphatic hydroxyl groups excluding tert-OH is 1. The lowest BCUT2D eigenvalue weighted by molar-refractivity contribution is 0.0941. The Hall–Kier alpha value is -1.75. The highest BCUT2D eigenvalue weighted by Gasteiger charge is 2.16. The second-order valence-electron chi connectivity index (χ2n) is 5.24. The molecule has 21 heavy (non-hydrogen) atoms. The minimum Gasteiger partial charge on any atom is -0.486 e. The fraction of sp³-hybridized carbons (Fsp3) is 0.562. The maximum absolute atomic E-state index is 12.2. The first kappa shape index (κ1) is 15.6. The van der Waals surface area contributed by atoms with Crippen LogP contribution in [-0.2, 0) is 0 Å². The van der Waals surface area contributed by atoms with E-state index in [0.29, 0.717) is 42.7 Å². The van der Waals surface area contributed by atoms with Gasteiger partial charge in [-0.05, 0) is 37.0 Å². The number of amides is 1. The van der Waals surface area contributed by atoms with E-state index >= 15 is 0 Å². The van der Waals surface area contributed by atoms with Crippen LogP contribution in [0.2, 0.25) is 0 Å². The van der Waals surface area contributed by atoms with E-state index in [9.17, 15) is 4.79 Å². The predicted molar refractivity (Wildman–Crippen MR) is 79.9 cm³/mol. The van der Waals surface area contributed by atoms with E-state index in [4.69, 9.17) is 14.6 Å². The fourth-order valence-corrected chi connectivity index (χ4v) is 2.46.